The molecule has 0 aromatic carbocycles. The molecule has 6 atom stereocenters. The molecule has 8 nitrogen and oxygen atoms in total. The molecule has 2 saturated heterocycles. The lowest BCUT2D eigenvalue weighted by Crippen LogP contribution is -2.65. The molecule has 1 aromatic rings. The van der Waals surface area contributed by atoms with Crippen LogP contribution >= 0.6 is 0 Å². The quantitative estimate of drug-likeness (QED) is 0.515. The summed E-state index contributed by atoms with van der Waals surface area (Å²) in [6.45, 7) is 9.33. The Morgan fingerprint density at radius 1 is 1.26 bits per heavy atom. The van der Waals surface area contributed by atoms with Gasteiger partial charge in [-0.05, 0) is 62.8 Å². The fourth-order valence-corrected chi connectivity index (χ4v) is 6.93. The Morgan fingerprint density at radius 3 is 2.69 bits per heavy atom. The largest absolute Gasteiger partial charge is 0.481 e. The average Bonchev–Trinajstić information content (AvgIpc) is 3.41. The second-order valence-corrected chi connectivity index (χ2v) is 12.7. The van der Waals surface area contributed by atoms with Crippen LogP contribution in [0.15, 0.2) is 18.3 Å². The van der Waals surface area contributed by atoms with Gasteiger partial charge in [-0.1, -0.05) is 13.8 Å². The molecule has 3 heterocycles. The third kappa shape index (κ3) is 4.00. The van der Waals surface area contributed by atoms with E-state index in [4.69, 9.17) is 9.31 Å². The van der Waals surface area contributed by atoms with Crippen LogP contribution in [0.25, 0.3) is 0 Å². The number of amides is 2. The highest BCUT2D eigenvalue weighted by Crippen LogP contribution is 2.65. The van der Waals surface area contributed by atoms with Crippen molar-refractivity contribution in [1.29, 1.82) is 0 Å². The van der Waals surface area contributed by atoms with Gasteiger partial charge in [-0.2, -0.15) is 0 Å². The van der Waals surface area contributed by atoms with Crippen LogP contribution in [0.1, 0.15) is 63.7 Å². The monoisotopic (exact) mass is 483 g/mol. The fraction of sp³-hybridized carbons (Fsp3) is 0.731. The molecular weight excluding hydrogens is 443 g/mol. The second-order valence-electron chi connectivity index (χ2n) is 12.7. The number of likely N-dealkylation sites (tertiary alicyclic amines) is 1. The van der Waals surface area contributed by atoms with Gasteiger partial charge in [-0.15, -0.1) is 0 Å². The first-order valence-electron chi connectivity index (χ1n) is 13.0. The lowest BCUT2D eigenvalue weighted by molar-refractivity contribution is -0.199. The average molecular weight is 483 g/mol. The van der Waals surface area contributed by atoms with E-state index in [2.05, 4.69) is 31.1 Å². The van der Waals surface area contributed by atoms with Crippen molar-refractivity contribution in [3.63, 3.8) is 0 Å². The molecule has 1 N–H and O–H groups in total. The van der Waals surface area contributed by atoms with Crippen LogP contribution in [-0.4, -0.2) is 80.2 Å². The van der Waals surface area contributed by atoms with E-state index >= 15 is 0 Å². The fourth-order valence-electron chi connectivity index (χ4n) is 6.93. The normalized spacial score (nSPS) is 34.3. The number of hydrogen-bond donors (Lipinski definition) is 1. The van der Waals surface area contributed by atoms with E-state index in [0.29, 0.717) is 28.4 Å². The molecule has 5 fully saturated rings. The summed E-state index contributed by atoms with van der Waals surface area (Å²) in [6.07, 6.45) is 5.74. The van der Waals surface area contributed by atoms with Gasteiger partial charge in [0.05, 0.1) is 38.8 Å². The molecule has 190 valence electrons. The second kappa shape index (κ2) is 8.28. The summed E-state index contributed by atoms with van der Waals surface area (Å²) in [5.74, 6) is 1.49. The molecule has 2 amide bonds. The molecule has 1 aromatic heterocycles. The van der Waals surface area contributed by atoms with Crippen molar-refractivity contribution in [3.05, 3.63) is 23.9 Å². The van der Waals surface area contributed by atoms with Crippen molar-refractivity contribution in [2.75, 3.05) is 27.7 Å². The van der Waals surface area contributed by atoms with Crippen molar-refractivity contribution >= 4 is 24.8 Å². The number of carbonyl (C=O) groups is 2. The maximum Gasteiger partial charge on any atom is 0.481 e. The highest BCUT2D eigenvalue weighted by Gasteiger charge is 2.69. The molecule has 0 radical (unpaired) electrons. The lowest BCUT2D eigenvalue weighted by atomic mass is 9.43. The van der Waals surface area contributed by atoms with E-state index in [1.165, 1.54) is 6.42 Å². The van der Waals surface area contributed by atoms with Gasteiger partial charge in [0, 0.05) is 24.4 Å². The van der Waals surface area contributed by atoms with E-state index in [1.807, 2.05) is 26.0 Å². The van der Waals surface area contributed by atoms with Crippen molar-refractivity contribution in [2.24, 2.45) is 17.3 Å². The summed E-state index contributed by atoms with van der Waals surface area (Å²) in [5.41, 5.74) is 0.498. The number of pyridine rings is 1. The first kappa shape index (κ1) is 24.7. The Balaban J connectivity index is 1.25. The first-order chi connectivity index (χ1) is 16.3. The summed E-state index contributed by atoms with van der Waals surface area (Å²) in [6, 6.07) is 2.81. The van der Waals surface area contributed by atoms with Crippen LogP contribution < -0.4 is 9.80 Å². The number of aromatic nitrogens is 1. The van der Waals surface area contributed by atoms with Crippen LogP contribution in [0.5, 0.6) is 0 Å². The highest BCUT2D eigenvalue weighted by molar-refractivity contribution is 6.48. The molecular formula is C26H40BN4O4+. The van der Waals surface area contributed by atoms with Crippen LogP contribution in [0.2, 0.25) is 0 Å². The molecule has 35 heavy (non-hydrogen) atoms. The van der Waals surface area contributed by atoms with Crippen LogP contribution in [0.4, 0.5) is 5.82 Å². The standard InChI is InChI=1S/C26H39BN4O4/c1-16(29-23(32)17-10-11-28-22(13-17)31(5,6)7)24(33)30-12-8-9-21(30)27-34-20-15-18-14-19(25(18,2)3)26(20,4)35-27/h10-11,13,16,18-21H,8-9,12,14-15H2,1-7H3/p+1/t16-,18+,19+,20?,21+,26+/m1/s1. The number of quaternary nitrogens is 1. The van der Waals surface area contributed by atoms with Crippen molar-refractivity contribution in [3.8, 4) is 0 Å². The van der Waals surface area contributed by atoms with Gasteiger partial charge in [0.2, 0.25) is 11.7 Å². The van der Waals surface area contributed by atoms with E-state index in [9.17, 15) is 9.59 Å². The van der Waals surface area contributed by atoms with Gasteiger partial charge in [0.15, 0.2) is 0 Å². The Hall–Kier alpha value is -1.97. The Kier molecular flexibility index (Phi) is 5.85. The van der Waals surface area contributed by atoms with Gasteiger partial charge in [-0.3, -0.25) is 14.1 Å². The number of nitrogens with one attached hydrogen (secondary N) is 1. The molecule has 1 unspecified atom stereocenters. The molecule has 2 aliphatic heterocycles. The van der Waals surface area contributed by atoms with Crippen LogP contribution in [0.3, 0.4) is 0 Å². The van der Waals surface area contributed by atoms with Gasteiger partial charge >= 0.3 is 7.12 Å². The SMILES string of the molecule is C[C@@H](NC(=O)c1ccnc([N+](C)(C)C)c1)C(=O)N1CCC[C@H]1B1OC2C[C@@H]3C[C@@H](C3(C)C)[C@]2(C)O1. The summed E-state index contributed by atoms with van der Waals surface area (Å²) in [4.78, 5) is 32.6. The van der Waals surface area contributed by atoms with Gasteiger partial charge in [-0.25, -0.2) is 4.98 Å². The zero-order valence-electron chi connectivity index (χ0n) is 22.2. The van der Waals surface area contributed by atoms with Crippen LogP contribution in [0, 0.1) is 17.3 Å². The molecule has 9 heteroatoms. The van der Waals surface area contributed by atoms with E-state index in [1.54, 1.807) is 25.3 Å². The maximum atomic E-state index is 13.5. The molecule has 0 spiro atoms. The van der Waals surface area contributed by atoms with Gasteiger partial charge in [0.25, 0.3) is 5.91 Å². The Morgan fingerprint density at radius 2 is 2.00 bits per heavy atom. The van der Waals surface area contributed by atoms with Crippen molar-refractivity contribution in [2.45, 2.75) is 77.1 Å². The summed E-state index contributed by atoms with van der Waals surface area (Å²) in [7, 11) is 5.59. The summed E-state index contributed by atoms with van der Waals surface area (Å²) in [5, 5.41) is 2.90. The highest BCUT2D eigenvalue weighted by atomic mass is 16.7. The van der Waals surface area contributed by atoms with Crippen LogP contribution in [-0.2, 0) is 14.1 Å². The number of hydrogen-bond acceptors (Lipinski definition) is 5. The molecule has 6 rings (SSSR count). The predicted molar refractivity (Wildman–Crippen MR) is 136 cm³/mol. The zero-order chi connectivity index (χ0) is 25.3. The number of rotatable bonds is 5. The Bertz CT molecular complexity index is 1030. The van der Waals surface area contributed by atoms with Gasteiger partial charge < -0.3 is 19.5 Å². The summed E-state index contributed by atoms with van der Waals surface area (Å²) >= 11 is 0. The minimum absolute atomic E-state index is 0.0846. The molecule has 2 bridgehead atoms. The third-order valence-corrected chi connectivity index (χ3v) is 9.28. The lowest BCUT2D eigenvalue weighted by Gasteiger charge is -2.64. The van der Waals surface area contributed by atoms with E-state index in [0.717, 1.165) is 25.1 Å². The number of nitrogens with zero attached hydrogens (tertiary/aromatic N) is 3. The molecule has 3 aliphatic carbocycles. The molecule has 5 aliphatic rings. The first-order valence-corrected chi connectivity index (χ1v) is 13.0. The maximum absolute atomic E-state index is 13.5. The topological polar surface area (TPSA) is 80.8 Å². The Labute approximate surface area is 209 Å². The van der Waals surface area contributed by atoms with E-state index in [-0.39, 0.29) is 34.9 Å². The van der Waals surface area contributed by atoms with Crippen molar-refractivity contribution in [1.82, 2.24) is 19.7 Å². The number of carbonyl (C=O) groups excluding carboxylic acids is 2. The minimum atomic E-state index is -0.644. The minimum Gasteiger partial charge on any atom is -0.404 e. The zero-order valence-corrected chi connectivity index (χ0v) is 22.2. The van der Waals surface area contributed by atoms with Crippen molar-refractivity contribution < 1.29 is 18.9 Å². The predicted octanol–water partition coefficient (Wildman–Crippen LogP) is 2.66. The smallest absolute Gasteiger partial charge is 0.404 e. The van der Waals surface area contributed by atoms with E-state index < -0.39 is 13.2 Å². The summed E-state index contributed by atoms with van der Waals surface area (Å²) < 4.78 is 13.7. The third-order valence-electron chi connectivity index (χ3n) is 9.28. The van der Waals surface area contributed by atoms with Gasteiger partial charge in [0.1, 0.15) is 6.04 Å². The molecule has 3 saturated carbocycles.